The molecule has 2 amide bonds. The van der Waals surface area contributed by atoms with Crippen molar-refractivity contribution in [3.8, 4) is 0 Å². The van der Waals surface area contributed by atoms with E-state index in [9.17, 15) is 9.59 Å². The van der Waals surface area contributed by atoms with Crippen LogP contribution in [0, 0.1) is 0 Å². The average molecular weight is 339 g/mol. The number of carbonyl (C=O) groups is 2. The highest BCUT2D eigenvalue weighted by atomic mass is 35.5. The summed E-state index contributed by atoms with van der Waals surface area (Å²) >= 11 is 7.40. The standard InChI is InChI=1S/C14H15ClN4O2S/c1-9(22-12-5-3-2-4-11(12)15)14(21)16-8-13(20)19-10-6-17-18-7-10/h2-7,9H,8H2,1H3,(H,16,21)(H,17,18)(H,19,20). The van der Waals surface area contributed by atoms with Gasteiger partial charge < -0.3 is 10.6 Å². The molecule has 0 radical (unpaired) electrons. The Balaban J connectivity index is 1.79. The molecule has 0 bridgehead atoms. The summed E-state index contributed by atoms with van der Waals surface area (Å²) < 4.78 is 0. The van der Waals surface area contributed by atoms with E-state index in [-0.39, 0.29) is 23.6 Å². The maximum atomic E-state index is 12.0. The van der Waals surface area contributed by atoms with Gasteiger partial charge in [0.05, 0.1) is 28.7 Å². The number of benzene rings is 1. The highest BCUT2D eigenvalue weighted by Gasteiger charge is 2.16. The van der Waals surface area contributed by atoms with Gasteiger partial charge >= 0.3 is 0 Å². The summed E-state index contributed by atoms with van der Waals surface area (Å²) in [6.45, 7) is 1.66. The van der Waals surface area contributed by atoms with E-state index in [1.165, 1.54) is 18.0 Å². The molecule has 0 saturated carbocycles. The van der Waals surface area contributed by atoms with E-state index in [2.05, 4.69) is 20.8 Å². The quantitative estimate of drug-likeness (QED) is 0.705. The molecular weight excluding hydrogens is 324 g/mol. The van der Waals surface area contributed by atoms with Crippen LogP contribution in [0.4, 0.5) is 5.69 Å². The lowest BCUT2D eigenvalue weighted by Gasteiger charge is -2.12. The molecular formula is C14H15ClN4O2S. The molecule has 1 aromatic carbocycles. The van der Waals surface area contributed by atoms with E-state index in [1.54, 1.807) is 19.2 Å². The van der Waals surface area contributed by atoms with Crippen molar-refractivity contribution in [2.45, 2.75) is 17.1 Å². The molecule has 0 spiro atoms. The van der Waals surface area contributed by atoms with Gasteiger partial charge in [0.15, 0.2) is 0 Å². The summed E-state index contributed by atoms with van der Waals surface area (Å²) in [5, 5.41) is 11.7. The minimum absolute atomic E-state index is 0.0998. The summed E-state index contributed by atoms with van der Waals surface area (Å²) in [7, 11) is 0. The summed E-state index contributed by atoms with van der Waals surface area (Å²) in [5.41, 5.74) is 0.553. The molecule has 0 saturated heterocycles. The number of hydrogen-bond acceptors (Lipinski definition) is 4. The van der Waals surface area contributed by atoms with Crippen LogP contribution in [0.5, 0.6) is 0 Å². The number of H-pyrrole nitrogens is 1. The SMILES string of the molecule is CC(Sc1ccccc1Cl)C(=O)NCC(=O)Nc1cn[nH]c1. The Hall–Kier alpha value is -1.99. The van der Waals surface area contributed by atoms with E-state index in [1.807, 2.05) is 18.2 Å². The fraction of sp³-hybridized carbons (Fsp3) is 0.214. The summed E-state index contributed by atoms with van der Waals surface area (Å²) in [6, 6.07) is 7.31. The van der Waals surface area contributed by atoms with Crippen molar-refractivity contribution < 1.29 is 9.59 Å². The lowest BCUT2D eigenvalue weighted by Crippen LogP contribution is -2.37. The molecule has 1 aromatic heterocycles. The van der Waals surface area contributed by atoms with Crippen molar-refractivity contribution >= 4 is 40.9 Å². The van der Waals surface area contributed by atoms with Crippen LogP contribution in [0.25, 0.3) is 0 Å². The number of aromatic amines is 1. The predicted octanol–water partition coefficient (Wildman–Crippen LogP) is 2.30. The lowest BCUT2D eigenvalue weighted by atomic mass is 10.4. The third-order valence-corrected chi connectivity index (χ3v) is 4.33. The molecule has 2 aromatic rings. The van der Waals surface area contributed by atoms with Gasteiger partial charge in [-0.2, -0.15) is 5.10 Å². The number of rotatable bonds is 6. The fourth-order valence-electron chi connectivity index (χ4n) is 1.62. The van der Waals surface area contributed by atoms with Crippen molar-refractivity contribution in [1.82, 2.24) is 15.5 Å². The van der Waals surface area contributed by atoms with E-state index in [0.29, 0.717) is 10.7 Å². The summed E-state index contributed by atoms with van der Waals surface area (Å²) in [5.74, 6) is -0.544. The summed E-state index contributed by atoms with van der Waals surface area (Å²) in [4.78, 5) is 24.5. The maximum Gasteiger partial charge on any atom is 0.243 e. The number of anilines is 1. The third kappa shape index (κ3) is 4.78. The van der Waals surface area contributed by atoms with E-state index < -0.39 is 0 Å². The Morgan fingerprint density at radius 1 is 1.41 bits per heavy atom. The van der Waals surface area contributed by atoms with Gasteiger partial charge in [-0.05, 0) is 19.1 Å². The molecule has 1 atom stereocenters. The van der Waals surface area contributed by atoms with Crippen molar-refractivity contribution in [2.24, 2.45) is 0 Å². The second-order valence-corrected chi connectivity index (χ2v) is 6.23. The number of nitrogens with one attached hydrogen (secondary N) is 3. The Labute approximate surface area is 137 Å². The smallest absolute Gasteiger partial charge is 0.243 e. The number of aromatic nitrogens is 2. The van der Waals surface area contributed by atoms with Gasteiger partial charge in [0, 0.05) is 11.1 Å². The van der Waals surface area contributed by atoms with Crippen LogP contribution >= 0.6 is 23.4 Å². The lowest BCUT2D eigenvalue weighted by molar-refractivity contribution is -0.123. The third-order valence-electron chi connectivity index (χ3n) is 2.71. The van der Waals surface area contributed by atoms with Crippen LogP contribution in [-0.4, -0.2) is 33.8 Å². The van der Waals surface area contributed by atoms with Gasteiger partial charge in [-0.15, -0.1) is 11.8 Å². The fourth-order valence-corrected chi connectivity index (χ4v) is 2.80. The summed E-state index contributed by atoms with van der Waals surface area (Å²) in [6.07, 6.45) is 3.03. The molecule has 0 fully saturated rings. The Kier molecular flexibility index (Phi) is 5.85. The molecule has 0 aliphatic rings. The highest BCUT2D eigenvalue weighted by Crippen LogP contribution is 2.29. The van der Waals surface area contributed by atoms with E-state index in [4.69, 9.17) is 11.6 Å². The predicted molar refractivity (Wildman–Crippen MR) is 87.0 cm³/mol. The minimum Gasteiger partial charge on any atom is -0.346 e. The zero-order chi connectivity index (χ0) is 15.9. The topological polar surface area (TPSA) is 86.9 Å². The molecule has 116 valence electrons. The van der Waals surface area contributed by atoms with Gasteiger partial charge in [-0.1, -0.05) is 23.7 Å². The molecule has 2 rings (SSSR count). The van der Waals surface area contributed by atoms with Gasteiger partial charge in [0.25, 0.3) is 0 Å². The van der Waals surface area contributed by atoms with Crippen molar-refractivity contribution in [3.05, 3.63) is 41.7 Å². The van der Waals surface area contributed by atoms with Crippen LogP contribution in [-0.2, 0) is 9.59 Å². The maximum absolute atomic E-state index is 12.0. The van der Waals surface area contributed by atoms with Gasteiger partial charge in [0.1, 0.15) is 0 Å². The normalized spacial score (nSPS) is 11.7. The number of thioether (sulfide) groups is 1. The van der Waals surface area contributed by atoms with Crippen LogP contribution in [0.3, 0.4) is 0 Å². The molecule has 1 unspecified atom stereocenters. The zero-order valence-corrected chi connectivity index (χ0v) is 13.4. The molecule has 6 nitrogen and oxygen atoms in total. The number of amides is 2. The second-order valence-electron chi connectivity index (χ2n) is 4.44. The average Bonchev–Trinajstić information content (AvgIpc) is 3.00. The van der Waals surface area contributed by atoms with Gasteiger partial charge in [-0.25, -0.2) is 0 Å². The van der Waals surface area contributed by atoms with Crippen LogP contribution < -0.4 is 10.6 Å². The number of halogens is 1. The monoisotopic (exact) mass is 338 g/mol. The number of carbonyl (C=O) groups excluding carboxylic acids is 2. The largest absolute Gasteiger partial charge is 0.346 e. The number of nitrogens with zero attached hydrogens (tertiary/aromatic N) is 1. The molecule has 0 aliphatic carbocycles. The molecule has 0 aliphatic heterocycles. The first kappa shape index (κ1) is 16.4. The molecule has 22 heavy (non-hydrogen) atoms. The molecule has 3 N–H and O–H groups in total. The van der Waals surface area contributed by atoms with Gasteiger partial charge in [-0.3, -0.25) is 14.7 Å². The Morgan fingerprint density at radius 3 is 2.86 bits per heavy atom. The minimum atomic E-state index is -0.360. The van der Waals surface area contributed by atoms with Crippen molar-refractivity contribution in [2.75, 3.05) is 11.9 Å². The van der Waals surface area contributed by atoms with Crippen LogP contribution in [0.2, 0.25) is 5.02 Å². The first-order chi connectivity index (χ1) is 10.6. The van der Waals surface area contributed by atoms with Crippen molar-refractivity contribution in [1.29, 1.82) is 0 Å². The Morgan fingerprint density at radius 2 is 2.18 bits per heavy atom. The van der Waals surface area contributed by atoms with E-state index in [0.717, 1.165) is 4.90 Å². The second kappa shape index (κ2) is 7.86. The van der Waals surface area contributed by atoms with E-state index >= 15 is 0 Å². The zero-order valence-electron chi connectivity index (χ0n) is 11.8. The highest BCUT2D eigenvalue weighted by molar-refractivity contribution is 8.00. The molecule has 1 heterocycles. The number of hydrogen-bond donors (Lipinski definition) is 3. The Bertz CT molecular complexity index is 648. The van der Waals surface area contributed by atoms with Crippen LogP contribution in [0.15, 0.2) is 41.6 Å². The van der Waals surface area contributed by atoms with Crippen molar-refractivity contribution in [3.63, 3.8) is 0 Å². The first-order valence-electron chi connectivity index (χ1n) is 6.54. The van der Waals surface area contributed by atoms with Gasteiger partial charge in [0.2, 0.25) is 11.8 Å². The van der Waals surface area contributed by atoms with Crippen LogP contribution in [0.1, 0.15) is 6.92 Å². The molecule has 8 heteroatoms. The first-order valence-corrected chi connectivity index (χ1v) is 7.79.